The predicted molar refractivity (Wildman–Crippen MR) is 84.2 cm³/mol. The van der Waals surface area contributed by atoms with Crippen molar-refractivity contribution in [1.29, 1.82) is 0 Å². The number of carbonyl (C=O) groups is 2. The normalized spacial score (nSPS) is 18.5. The zero-order chi connectivity index (χ0) is 15.1. The number of carbonyl (C=O) groups excluding carboxylic acids is 2. The maximum atomic E-state index is 11.8. The summed E-state index contributed by atoms with van der Waals surface area (Å²) in [5.41, 5.74) is 5.71. The highest BCUT2D eigenvalue weighted by Gasteiger charge is 2.22. The highest BCUT2D eigenvalue weighted by molar-refractivity contribution is 5.87. The number of halogens is 1. The Kier molecular flexibility index (Phi) is 9.57. The minimum absolute atomic E-state index is 0. The SMILES string of the molecule is CC(NC(=O)CNC(=O)[C@@H](N)C(C)C)C1CCOCC1.Cl. The maximum Gasteiger partial charge on any atom is 0.239 e. The van der Waals surface area contributed by atoms with Crippen LogP contribution >= 0.6 is 12.4 Å². The molecule has 21 heavy (non-hydrogen) atoms. The van der Waals surface area contributed by atoms with E-state index in [1.54, 1.807) is 0 Å². The van der Waals surface area contributed by atoms with Crippen LogP contribution in [0.1, 0.15) is 33.6 Å². The van der Waals surface area contributed by atoms with E-state index in [0.717, 1.165) is 26.1 Å². The van der Waals surface area contributed by atoms with E-state index in [1.165, 1.54) is 0 Å². The molecule has 0 radical (unpaired) electrons. The Balaban J connectivity index is 0.00000400. The summed E-state index contributed by atoms with van der Waals surface area (Å²) in [6, 6.07) is -0.474. The van der Waals surface area contributed by atoms with E-state index >= 15 is 0 Å². The van der Waals surface area contributed by atoms with Crippen molar-refractivity contribution in [2.24, 2.45) is 17.6 Å². The molecule has 7 heteroatoms. The van der Waals surface area contributed by atoms with E-state index in [9.17, 15) is 9.59 Å². The van der Waals surface area contributed by atoms with Crippen molar-refractivity contribution in [1.82, 2.24) is 10.6 Å². The summed E-state index contributed by atoms with van der Waals surface area (Å²) in [7, 11) is 0. The summed E-state index contributed by atoms with van der Waals surface area (Å²) in [4.78, 5) is 23.4. The number of ether oxygens (including phenoxy) is 1. The summed E-state index contributed by atoms with van der Waals surface area (Å²) in [5, 5.41) is 5.49. The van der Waals surface area contributed by atoms with Gasteiger partial charge in [0.15, 0.2) is 0 Å². The molecule has 1 rings (SSSR count). The highest BCUT2D eigenvalue weighted by atomic mass is 35.5. The van der Waals surface area contributed by atoms with Crippen molar-refractivity contribution in [3.05, 3.63) is 0 Å². The first-order valence-electron chi connectivity index (χ1n) is 7.32. The van der Waals surface area contributed by atoms with E-state index in [4.69, 9.17) is 10.5 Å². The average Bonchev–Trinajstić information content (AvgIpc) is 2.44. The number of nitrogens with two attached hydrogens (primary N) is 1. The van der Waals surface area contributed by atoms with Crippen LogP contribution in [0.25, 0.3) is 0 Å². The van der Waals surface area contributed by atoms with Gasteiger partial charge < -0.3 is 21.1 Å². The predicted octanol–water partition coefficient (Wildman–Crippen LogP) is 0.439. The van der Waals surface area contributed by atoms with Gasteiger partial charge in [0.1, 0.15) is 0 Å². The van der Waals surface area contributed by atoms with Gasteiger partial charge in [-0.3, -0.25) is 9.59 Å². The van der Waals surface area contributed by atoms with Gasteiger partial charge in [-0.1, -0.05) is 13.8 Å². The van der Waals surface area contributed by atoms with Crippen LogP contribution in [0.3, 0.4) is 0 Å². The van der Waals surface area contributed by atoms with Crippen molar-refractivity contribution >= 4 is 24.2 Å². The summed E-state index contributed by atoms with van der Waals surface area (Å²) >= 11 is 0. The van der Waals surface area contributed by atoms with Crippen LogP contribution in [0.4, 0.5) is 0 Å². The van der Waals surface area contributed by atoms with E-state index in [0.29, 0.717) is 5.92 Å². The standard InChI is InChI=1S/C14H27N3O3.ClH/c1-9(2)13(15)14(19)16-8-12(18)17-10(3)11-4-6-20-7-5-11;/h9-11,13H,4-8,15H2,1-3H3,(H,16,19)(H,17,18);1H/t10?,13-;/m0./s1. The summed E-state index contributed by atoms with van der Waals surface area (Å²) in [6.07, 6.45) is 1.93. The molecule has 0 aromatic rings. The average molecular weight is 322 g/mol. The lowest BCUT2D eigenvalue weighted by atomic mass is 9.93. The van der Waals surface area contributed by atoms with Gasteiger partial charge in [-0.15, -0.1) is 12.4 Å². The van der Waals surface area contributed by atoms with Gasteiger partial charge in [-0.05, 0) is 31.6 Å². The first-order chi connectivity index (χ1) is 9.41. The van der Waals surface area contributed by atoms with Crippen molar-refractivity contribution in [3.63, 3.8) is 0 Å². The molecule has 1 aliphatic heterocycles. The van der Waals surface area contributed by atoms with Gasteiger partial charge in [-0.25, -0.2) is 0 Å². The van der Waals surface area contributed by atoms with Crippen molar-refractivity contribution in [3.8, 4) is 0 Å². The summed E-state index contributed by atoms with van der Waals surface area (Å²) in [5.74, 6) is 0.0442. The van der Waals surface area contributed by atoms with Crippen LogP contribution < -0.4 is 16.4 Å². The first kappa shape index (κ1) is 20.1. The second kappa shape index (κ2) is 9.97. The molecule has 2 atom stereocenters. The molecule has 1 aliphatic rings. The minimum atomic E-state index is -0.573. The van der Waals surface area contributed by atoms with Crippen LogP contribution in [0, 0.1) is 11.8 Å². The van der Waals surface area contributed by atoms with E-state index in [-0.39, 0.29) is 42.7 Å². The number of rotatable bonds is 6. The zero-order valence-corrected chi connectivity index (χ0v) is 13.9. The third-order valence-corrected chi connectivity index (χ3v) is 3.81. The molecule has 1 fully saturated rings. The summed E-state index contributed by atoms with van der Waals surface area (Å²) < 4.78 is 5.30. The monoisotopic (exact) mass is 321 g/mol. The summed E-state index contributed by atoms with van der Waals surface area (Å²) in [6.45, 7) is 7.23. The van der Waals surface area contributed by atoms with Gasteiger partial charge in [0.05, 0.1) is 12.6 Å². The molecule has 0 spiro atoms. The molecule has 0 aliphatic carbocycles. The Morgan fingerprint density at radius 2 is 1.81 bits per heavy atom. The molecule has 2 amide bonds. The molecule has 6 nitrogen and oxygen atoms in total. The molecule has 1 unspecified atom stereocenters. The molecule has 4 N–H and O–H groups in total. The lowest BCUT2D eigenvalue weighted by molar-refractivity contribution is -0.127. The van der Waals surface area contributed by atoms with Crippen LogP contribution in [-0.2, 0) is 14.3 Å². The Bertz CT molecular complexity index is 333. The zero-order valence-electron chi connectivity index (χ0n) is 13.1. The number of nitrogens with one attached hydrogen (secondary N) is 2. The minimum Gasteiger partial charge on any atom is -0.381 e. The molecule has 0 aromatic heterocycles. The van der Waals surface area contributed by atoms with Crippen molar-refractivity contribution in [2.75, 3.05) is 19.8 Å². The Labute approximate surface area is 133 Å². The Morgan fingerprint density at radius 3 is 2.33 bits per heavy atom. The fraction of sp³-hybridized carbons (Fsp3) is 0.857. The van der Waals surface area contributed by atoms with E-state index < -0.39 is 6.04 Å². The van der Waals surface area contributed by atoms with Crippen LogP contribution in [-0.4, -0.2) is 43.7 Å². The number of amides is 2. The topological polar surface area (TPSA) is 93.5 Å². The molecular formula is C14H28ClN3O3. The maximum absolute atomic E-state index is 11.8. The fourth-order valence-electron chi connectivity index (χ4n) is 2.23. The molecule has 0 saturated carbocycles. The number of hydrogen-bond acceptors (Lipinski definition) is 4. The van der Waals surface area contributed by atoms with Crippen LogP contribution in [0.5, 0.6) is 0 Å². The molecule has 0 aromatic carbocycles. The van der Waals surface area contributed by atoms with Gasteiger partial charge in [0.2, 0.25) is 11.8 Å². The van der Waals surface area contributed by atoms with Gasteiger partial charge in [-0.2, -0.15) is 0 Å². The Hall–Kier alpha value is -0.850. The second-order valence-corrected chi connectivity index (χ2v) is 5.79. The van der Waals surface area contributed by atoms with Gasteiger partial charge in [0, 0.05) is 19.3 Å². The van der Waals surface area contributed by atoms with E-state index in [2.05, 4.69) is 10.6 Å². The fourth-order valence-corrected chi connectivity index (χ4v) is 2.23. The van der Waals surface area contributed by atoms with E-state index in [1.807, 2.05) is 20.8 Å². The third kappa shape index (κ3) is 7.11. The lowest BCUT2D eigenvalue weighted by Crippen LogP contribution is -2.49. The Morgan fingerprint density at radius 1 is 1.24 bits per heavy atom. The quantitative estimate of drug-likeness (QED) is 0.661. The molecule has 1 saturated heterocycles. The molecule has 0 bridgehead atoms. The van der Waals surface area contributed by atoms with Gasteiger partial charge >= 0.3 is 0 Å². The lowest BCUT2D eigenvalue weighted by Gasteiger charge is -2.28. The molecule has 124 valence electrons. The van der Waals surface area contributed by atoms with Crippen molar-refractivity contribution in [2.45, 2.75) is 45.7 Å². The molecule has 1 heterocycles. The second-order valence-electron chi connectivity index (χ2n) is 5.79. The van der Waals surface area contributed by atoms with Crippen LogP contribution in [0.2, 0.25) is 0 Å². The smallest absolute Gasteiger partial charge is 0.239 e. The van der Waals surface area contributed by atoms with Gasteiger partial charge in [0.25, 0.3) is 0 Å². The first-order valence-corrected chi connectivity index (χ1v) is 7.32. The molecular weight excluding hydrogens is 294 g/mol. The third-order valence-electron chi connectivity index (χ3n) is 3.81. The number of hydrogen-bond donors (Lipinski definition) is 3. The largest absolute Gasteiger partial charge is 0.381 e. The highest BCUT2D eigenvalue weighted by Crippen LogP contribution is 2.18. The van der Waals surface area contributed by atoms with Crippen LogP contribution in [0.15, 0.2) is 0 Å². The van der Waals surface area contributed by atoms with Crippen molar-refractivity contribution < 1.29 is 14.3 Å².